The zero-order valence-electron chi connectivity index (χ0n) is 12.8. The van der Waals surface area contributed by atoms with Crippen molar-refractivity contribution in [2.75, 3.05) is 6.61 Å². The molecule has 1 N–H and O–H groups in total. The van der Waals surface area contributed by atoms with Crippen molar-refractivity contribution in [2.24, 2.45) is 0 Å². The first kappa shape index (κ1) is 15.6. The Morgan fingerprint density at radius 2 is 1.67 bits per heavy atom. The third kappa shape index (κ3) is 3.92. The van der Waals surface area contributed by atoms with E-state index in [1.165, 1.54) is 6.20 Å². The number of fused-ring (bicyclic) bond motifs is 1. The van der Waals surface area contributed by atoms with Crippen LogP contribution in [0.3, 0.4) is 0 Å². The zero-order valence-corrected chi connectivity index (χ0v) is 12.8. The molecule has 3 aromatic rings. The molecule has 0 saturated heterocycles. The summed E-state index contributed by atoms with van der Waals surface area (Å²) in [5, 5.41) is 2.68. The van der Waals surface area contributed by atoms with E-state index in [9.17, 15) is 9.59 Å². The summed E-state index contributed by atoms with van der Waals surface area (Å²) in [4.78, 5) is 32.0. The van der Waals surface area contributed by atoms with E-state index >= 15 is 0 Å². The van der Waals surface area contributed by atoms with Gasteiger partial charge in [-0.15, -0.1) is 0 Å². The Morgan fingerprint density at radius 1 is 0.958 bits per heavy atom. The molecule has 24 heavy (non-hydrogen) atoms. The fourth-order valence-electron chi connectivity index (χ4n) is 2.11. The molecule has 0 aliphatic heterocycles. The first-order valence-corrected chi connectivity index (χ1v) is 7.42. The van der Waals surface area contributed by atoms with Gasteiger partial charge in [0.1, 0.15) is 0 Å². The molecule has 0 radical (unpaired) electrons. The van der Waals surface area contributed by atoms with E-state index < -0.39 is 5.97 Å². The van der Waals surface area contributed by atoms with Gasteiger partial charge in [-0.2, -0.15) is 0 Å². The molecule has 1 aromatic heterocycles. The van der Waals surface area contributed by atoms with Gasteiger partial charge in [0.2, 0.25) is 0 Å². The molecule has 3 rings (SSSR count). The Bertz CT molecular complexity index is 866. The standard InChI is InChI=1S/C18H15N3O3/c22-17(20-10-13-6-2-1-3-7-13)12-24-18(23)16-11-19-14-8-4-5-9-15(14)21-16/h1-9,11H,10,12H2,(H,20,22). The van der Waals surface area contributed by atoms with Gasteiger partial charge in [-0.1, -0.05) is 42.5 Å². The van der Waals surface area contributed by atoms with Crippen molar-refractivity contribution in [3.63, 3.8) is 0 Å². The molecule has 0 aliphatic rings. The van der Waals surface area contributed by atoms with Crippen LogP contribution in [-0.2, 0) is 16.1 Å². The van der Waals surface area contributed by atoms with E-state index in [0.717, 1.165) is 5.56 Å². The number of aromatic nitrogens is 2. The van der Waals surface area contributed by atoms with Crippen molar-refractivity contribution >= 4 is 22.9 Å². The maximum atomic E-state index is 12.0. The molecule has 1 amide bonds. The molecule has 6 nitrogen and oxygen atoms in total. The number of hydrogen-bond donors (Lipinski definition) is 1. The lowest BCUT2D eigenvalue weighted by Gasteiger charge is -2.06. The molecular formula is C18H15N3O3. The molecule has 6 heteroatoms. The summed E-state index contributed by atoms with van der Waals surface area (Å²) in [6.45, 7) is 0.0210. The molecule has 0 saturated carbocycles. The average Bonchev–Trinajstić information content (AvgIpc) is 2.65. The fourth-order valence-corrected chi connectivity index (χ4v) is 2.11. The molecule has 0 bridgehead atoms. The van der Waals surface area contributed by atoms with Gasteiger partial charge in [-0.25, -0.2) is 9.78 Å². The summed E-state index contributed by atoms with van der Waals surface area (Å²) in [6.07, 6.45) is 1.34. The van der Waals surface area contributed by atoms with Crippen LogP contribution in [0.15, 0.2) is 60.8 Å². The summed E-state index contributed by atoms with van der Waals surface area (Å²) < 4.78 is 4.97. The highest BCUT2D eigenvalue weighted by Crippen LogP contribution is 2.09. The summed E-state index contributed by atoms with van der Waals surface area (Å²) in [7, 11) is 0. The monoisotopic (exact) mass is 321 g/mol. The molecule has 0 atom stereocenters. The highest BCUT2D eigenvalue weighted by Gasteiger charge is 2.12. The Morgan fingerprint density at radius 3 is 2.46 bits per heavy atom. The number of benzene rings is 2. The normalized spacial score (nSPS) is 10.3. The minimum absolute atomic E-state index is 0.0737. The van der Waals surface area contributed by atoms with Gasteiger partial charge in [0.05, 0.1) is 17.2 Å². The molecule has 0 spiro atoms. The van der Waals surface area contributed by atoms with Crippen molar-refractivity contribution in [2.45, 2.75) is 6.54 Å². The lowest BCUT2D eigenvalue weighted by molar-refractivity contribution is -0.124. The molecule has 1 heterocycles. The van der Waals surface area contributed by atoms with E-state index in [4.69, 9.17) is 4.74 Å². The van der Waals surface area contributed by atoms with E-state index in [2.05, 4.69) is 15.3 Å². The second-order valence-electron chi connectivity index (χ2n) is 5.08. The lowest BCUT2D eigenvalue weighted by Crippen LogP contribution is -2.28. The van der Waals surface area contributed by atoms with Gasteiger partial charge in [0.25, 0.3) is 5.91 Å². The average molecular weight is 321 g/mol. The van der Waals surface area contributed by atoms with E-state index in [0.29, 0.717) is 17.6 Å². The van der Waals surface area contributed by atoms with Crippen LogP contribution in [0.1, 0.15) is 16.1 Å². The summed E-state index contributed by atoms with van der Waals surface area (Å²) in [6, 6.07) is 16.7. The summed E-state index contributed by atoms with van der Waals surface area (Å²) in [5.41, 5.74) is 2.33. The van der Waals surface area contributed by atoms with Gasteiger partial charge in [0.15, 0.2) is 12.3 Å². The minimum Gasteiger partial charge on any atom is -0.451 e. The first-order chi connectivity index (χ1) is 11.7. The fraction of sp³-hybridized carbons (Fsp3) is 0.111. The Hall–Kier alpha value is -3.28. The first-order valence-electron chi connectivity index (χ1n) is 7.42. The number of para-hydroxylation sites is 2. The third-order valence-electron chi connectivity index (χ3n) is 3.32. The van der Waals surface area contributed by atoms with Crippen LogP contribution in [0.5, 0.6) is 0 Å². The van der Waals surface area contributed by atoms with E-state index in [1.807, 2.05) is 42.5 Å². The second-order valence-corrected chi connectivity index (χ2v) is 5.08. The lowest BCUT2D eigenvalue weighted by atomic mass is 10.2. The van der Waals surface area contributed by atoms with Crippen molar-refractivity contribution < 1.29 is 14.3 Å². The molecular weight excluding hydrogens is 306 g/mol. The van der Waals surface area contributed by atoms with Crippen LogP contribution >= 0.6 is 0 Å². The molecule has 0 fully saturated rings. The maximum Gasteiger partial charge on any atom is 0.359 e. The number of amides is 1. The second kappa shape index (κ2) is 7.32. The van der Waals surface area contributed by atoms with Crippen LogP contribution in [-0.4, -0.2) is 28.5 Å². The minimum atomic E-state index is -0.678. The number of hydrogen-bond acceptors (Lipinski definition) is 5. The van der Waals surface area contributed by atoms with Crippen LogP contribution in [0, 0.1) is 0 Å². The van der Waals surface area contributed by atoms with Gasteiger partial charge >= 0.3 is 5.97 Å². The van der Waals surface area contributed by atoms with Gasteiger partial charge < -0.3 is 10.1 Å². The number of carbonyl (C=O) groups excluding carboxylic acids is 2. The Balaban J connectivity index is 1.53. The smallest absolute Gasteiger partial charge is 0.359 e. The number of nitrogens with zero attached hydrogens (tertiary/aromatic N) is 2. The van der Waals surface area contributed by atoms with E-state index in [1.54, 1.807) is 12.1 Å². The Labute approximate surface area is 138 Å². The third-order valence-corrected chi connectivity index (χ3v) is 3.32. The number of carbonyl (C=O) groups is 2. The summed E-state index contributed by atoms with van der Waals surface area (Å²) >= 11 is 0. The molecule has 0 aliphatic carbocycles. The topological polar surface area (TPSA) is 81.2 Å². The number of esters is 1. The predicted octanol–water partition coefficient (Wildman–Crippen LogP) is 2.10. The quantitative estimate of drug-likeness (QED) is 0.728. The zero-order chi connectivity index (χ0) is 16.8. The SMILES string of the molecule is O=C(COC(=O)c1cnc2ccccc2n1)NCc1ccccc1. The van der Waals surface area contributed by atoms with Gasteiger partial charge in [0, 0.05) is 6.54 Å². The molecule has 120 valence electrons. The number of nitrogens with one attached hydrogen (secondary N) is 1. The molecule has 0 unspecified atom stereocenters. The van der Waals surface area contributed by atoms with Crippen molar-refractivity contribution in [1.82, 2.24) is 15.3 Å². The van der Waals surface area contributed by atoms with Crippen LogP contribution in [0.2, 0.25) is 0 Å². The van der Waals surface area contributed by atoms with Crippen molar-refractivity contribution in [3.8, 4) is 0 Å². The van der Waals surface area contributed by atoms with Crippen LogP contribution in [0.25, 0.3) is 11.0 Å². The molecule has 2 aromatic carbocycles. The van der Waals surface area contributed by atoms with Gasteiger partial charge in [-0.3, -0.25) is 9.78 Å². The maximum absolute atomic E-state index is 12.0. The Kier molecular flexibility index (Phi) is 4.76. The highest BCUT2D eigenvalue weighted by molar-refractivity contribution is 5.91. The number of ether oxygens (including phenoxy) is 1. The van der Waals surface area contributed by atoms with E-state index in [-0.39, 0.29) is 18.2 Å². The van der Waals surface area contributed by atoms with Crippen LogP contribution in [0.4, 0.5) is 0 Å². The number of rotatable bonds is 5. The summed E-state index contributed by atoms with van der Waals surface area (Å²) in [5.74, 6) is -1.05. The highest BCUT2D eigenvalue weighted by atomic mass is 16.5. The van der Waals surface area contributed by atoms with Crippen molar-refractivity contribution in [1.29, 1.82) is 0 Å². The predicted molar refractivity (Wildman–Crippen MR) is 88.1 cm³/mol. The largest absolute Gasteiger partial charge is 0.451 e. The van der Waals surface area contributed by atoms with Crippen molar-refractivity contribution in [3.05, 3.63) is 72.1 Å². The van der Waals surface area contributed by atoms with Crippen LogP contribution < -0.4 is 5.32 Å². The van der Waals surface area contributed by atoms with Gasteiger partial charge in [-0.05, 0) is 17.7 Å².